The first kappa shape index (κ1) is 29.7. The molecule has 4 aromatic rings. The summed E-state index contributed by atoms with van der Waals surface area (Å²) in [4.78, 5) is 50.2. The van der Waals surface area contributed by atoms with Crippen molar-refractivity contribution < 1.29 is 32.6 Å². The van der Waals surface area contributed by atoms with Gasteiger partial charge in [0.05, 0.1) is 38.9 Å². The number of ether oxygens (including phenoxy) is 1. The molecule has 2 atom stereocenters. The van der Waals surface area contributed by atoms with Gasteiger partial charge in [-0.15, -0.1) is 22.7 Å². The second-order valence-corrected chi connectivity index (χ2v) is 12.4. The van der Waals surface area contributed by atoms with E-state index < -0.39 is 30.2 Å². The largest absolute Gasteiger partial charge is 0.479 e. The second-order valence-electron chi connectivity index (χ2n) is 10.3. The molecule has 12 nitrogen and oxygen atoms in total. The molecule has 2 aliphatic rings. The number of carbonyl (C=O) groups is 2. The van der Waals surface area contributed by atoms with E-state index in [1.165, 1.54) is 17.5 Å². The molecule has 2 aliphatic heterocycles. The molecule has 1 amide bonds. The van der Waals surface area contributed by atoms with Gasteiger partial charge in [0.25, 0.3) is 5.91 Å². The first-order valence-corrected chi connectivity index (χ1v) is 15.2. The van der Waals surface area contributed by atoms with E-state index in [2.05, 4.69) is 30.2 Å². The van der Waals surface area contributed by atoms with Crippen molar-refractivity contribution in [2.45, 2.75) is 44.9 Å². The number of hydrogen-bond donors (Lipinski definition) is 2. The van der Waals surface area contributed by atoms with Crippen molar-refractivity contribution in [3.63, 3.8) is 0 Å². The summed E-state index contributed by atoms with van der Waals surface area (Å²) < 4.78 is 45.1. The zero-order chi connectivity index (χ0) is 31.2. The Kier molecular flexibility index (Phi) is 7.83. The third-order valence-electron chi connectivity index (χ3n) is 7.26. The molecular formula is C27H25F3N8O4S2. The summed E-state index contributed by atoms with van der Waals surface area (Å²) in [6, 6.07) is 2.96. The number of thiazole rings is 2. The zero-order valence-electron chi connectivity index (χ0n) is 23.3. The molecule has 4 aromatic heterocycles. The lowest BCUT2D eigenvalue weighted by Crippen LogP contribution is -2.56. The number of piperazine rings is 1. The minimum Gasteiger partial charge on any atom is -0.479 e. The number of aliphatic carboxylic acids is 1. The summed E-state index contributed by atoms with van der Waals surface area (Å²) >= 11 is 3.03. The molecule has 2 unspecified atom stereocenters. The van der Waals surface area contributed by atoms with Gasteiger partial charge in [-0.2, -0.15) is 18.2 Å². The van der Waals surface area contributed by atoms with E-state index >= 15 is 0 Å². The van der Waals surface area contributed by atoms with Gasteiger partial charge < -0.3 is 25.0 Å². The number of carboxylic acid groups (broad SMARTS) is 1. The molecule has 6 rings (SSSR count). The molecule has 0 aromatic carbocycles. The van der Waals surface area contributed by atoms with Crippen LogP contribution in [0.25, 0.3) is 10.6 Å². The molecule has 44 heavy (non-hydrogen) atoms. The molecule has 6 heterocycles. The van der Waals surface area contributed by atoms with E-state index in [4.69, 9.17) is 9.84 Å². The molecule has 0 spiro atoms. The molecule has 2 N–H and O–H groups in total. The number of rotatable bonds is 8. The minimum absolute atomic E-state index is 0.0227. The lowest BCUT2D eigenvalue weighted by Gasteiger charge is -2.41. The van der Waals surface area contributed by atoms with Crippen molar-refractivity contribution in [1.29, 1.82) is 0 Å². The van der Waals surface area contributed by atoms with Gasteiger partial charge >= 0.3 is 12.1 Å². The Morgan fingerprint density at radius 2 is 1.84 bits per heavy atom. The highest BCUT2D eigenvalue weighted by atomic mass is 32.1. The fourth-order valence-electron chi connectivity index (χ4n) is 5.40. The molecule has 0 aliphatic carbocycles. The van der Waals surface area contributed by atoms with Crippen molar-refractivity contribution in [2.75, 3.05) is 29.9 Å². The summed E-state index contributed by atoms with van der Waals surface area (Å²) in [5.41, 5.74) is 0.922. The van der Waals surface area contributed by atoms with Gasteiger partial charge in [0.15, 0.2) is 11.7 Å². The highest BCUT2D eigenvalue weighted by molar-refractivity contribution is 7.16. The number of aromatic nitrogens is 5. The van der Waals surface area contributed by atoms with E-state index in [9.17, 15) is 22.8 Å². The number of alkyl halides is 3. The maximum absolute atomic E-state index is 13.5. The first-order chi connectivity index (χ1) is 21.0. The number of nitrogens with one attached hydrogen (secondary N) is 1. The Morgan fingerprint density at radius 3 is 2.45 bits per heavy atom. The van der Waals surface area contributed by atoms with E-state index in [-0.39, 0.29) is 23.9 Å². The summed E-state index contributed by atoms with van der Waals surface area (Å²) in [5, 5.41) is 15.6. The van der Waals surface area contributed by atoms with Crippen LogP contribution in [0.5, 0.6) is 5.88 Å². The predicted molar refractivity (Wildman–Crippen MR) is 156 cm³/mol. The molecule has 2 saturated heterocycles. The van der Waals surface area contributed by atoms with Crippen LogP contribution in [-0.4, -0.2) is 78.6 Å². The first-order valence-electron chi connectivity index (χ1n) is 13.5. The summed E-state index contributed by atoms with van der Waals surface area (Å²) in [6.07, 6.45) is -1.32. The summed E-state index contributed by atoms with van der Waals surface area (Å²) in [7, 11) is 0. The molecule has 2 fully saturated rings. The van der Waals surface area contributed by atoms with Crippen LogP contribution < -0.4 is 15.0 Å². The van der Waals surface area contributed by atoms with Gasteiger partial charge in [0.1, 0.15) is 11.4 Å². The fourth-order valence-corrected chi connectivity index (χ4v) is 7.06. The molecule has 0 radical (unpaired) electrons. The van der Waals surface area contributed by atoms with Crippen LogP contribution in [0.15, 0.2) is 29.9 Å². The van der Waals surface area contributed by atoms with E-state index in [0.717, 1.165) is 21.3 Å². The lowest BCUT2D eigenvalue weighted by atomic mass is 10.1. The van der Waals surface area contributed by atoms with Gasteiger partial charge in [0.2, 0.25) is 11.8 Å². The standard InChI is InChI=1S/C27H25F3N8O4S2/c1-13-22(44-14(2)33-13)19-12-43-26(34-19)35-20-6-3-15(7-31-20)24(41)38-16-4-5-17(38)10-37(9-16)25-32-8-18(27(28,29)30)23(36-25)42-11-21(39)40/h3,6-8,12,16-17H,4-5,9-11H2,1-2H3,(H,39,40)(H,31,34,35). The van der Waals surface area contributed by atoms with Crippen molar-refractivity contribution in [3.05, 3.63) is 51.7 Å². The highest BCUT2D eigenvalue weighted by Gasteiger charge is 2.44. The van der Waals surface area contributed by atoms with Crippen LogP contribution in [0.2, 0.25) is 0 Å². The number of anilines is 3. The average molecular weight is 647 g/mol. The number of amides is 1. The quantitative estimate of drug-likeness (QED) is 0.273. The van der Waals surface area contributed by atoms with E-state index in [0.29, 0.717) is 48.6 Å². The molecule has 0 saturated carbocycles. The number of carboxylic acids is 1. The van der Waals surface area contributed by atoms with Crippen molar-refractivity contribution >= 4 is 51.4 Å². The topological polar surface area (TPSA) is 147 Å². The fraction of sp³-hybridized carbons (Fsp3) is 0.370. The van der Waals surface area contributed by atoms with Crippen LogP contribution >= 0.6 is 22.7 Å². The molecule has 230 valence electrons. The molecule has 17 heteroatoms. The third-order valence-corrected chi connectivity index (χ3v) is 9.12. The van der Waals surface area contributed by atoms with E-state index in [1.54, 1.807) is 33.3 Å². The van der Waals surface area contributed by atoms with Crippen LogP contribution in [0.3, 0.4) is 0 Å². The minimum atomic E-state index is -4.82. The Morgan fingerprint density at radius 1 is 1.09 bits per heavy atom. The zero-order valence-corrected chi connectivity index (χ0v) is 25.0. The number of fused-ring (bicyclic) bond motifs is 2. The Labute approximate surface area is 256 Å². The SMILES string of the molecule is Cc1nc(C)c(-c2csc(Nc3ccc(C(=O)N4C5CCC4CN(c4ncc(C(F)(F)F)c(OCC(=O)O)n4)C5)cn3)n2)s1. The maximum atomic E-state index is 13.5. The number of aryl methyl sites for hydroxylation is 2. The van der Waals surface area contributed by atoms with Crippen molar-refractivity contribution in [1.82, 2.24) is 29.8 Å². The normalized spacial score (nSPS) is 18.0. The predicted octanol–water partition coefficient (Wildman–Crippen LogP) is 4.79. The monoisotopic (exact) mass is 646 g/mol. The van der Waals surface area contributed by atoms with Crippen LogP contribution in [0, 0.1) is 13.8 Å². The van der Waals surface area contributed by atoms with Crippen LogP contribution in [-0.2, 0) is 11.0 Å². The molecule has 2 bridgehead atoms. The molecular weight excluding hydrogens is 621 g/mol. The third kappa shape index (κ3) is 6.01. The number of carbonyl (C=O) groups excluding carboxylic acids is 1. The summed E-state index contributed by atoms with van der Waals surface area (Å²) in [6.45, 7) is 3.52. The second kappa shape index (κ2) is 11.6. The van der Waals surface area contributed by atoms with E-state index in [1.807, 2.05) is 19.2 Å². The van der Waals surface area contributed by atoms with Gasteiger partial charge in [0, 0.05) is 30.9 Å². The Bertz CT molecular complexity index is 1700. The van der Waals surface area contributed by atoms with Gasteiger partial charge in [-0.25, -0.2) is 24.7 Å². The van der Waals surface area contributed by atoms with Crippen molar-refractivity contribution in [3.8, 4) is 16.5 Å². The van der Waals surface area contributed by atoms with Gasteiger partial charge in [-0.05, 0) is 38.8 Å². The van der Waals surface area contributed by atoms with Crippen LogP contribution in [0.1, 0.15) is 39.5 Å². The summed E-state index contributed by atoms with van der Waals surface area (Å²) in [5.74, 6) is -1.96. The number of nitrogens with zero attached hydrogens (tertiary/aromatic N) is 7. The Balaban J connectivity index is 1.12. The van der Waals surface area contributed by atoms with Crippen molar-refractivity contribution in [2.24, 2.45) is 0 Å². The maximum Gasteiger partial charge on any atom is 0.423 e. The average Bonchev–Trinajstić information content (AvgIpc) is 3.65. The van der Waals surface area contributed by atoms with Crippen LogP contribution in [0.4, 0.5) is 30.1 Å². The number of hydrogen-bond acceptors (Lipinski definition) is 12. The highest BCUT2D eigenvalue weighted by Crippen LogP contribution is 2.38. The smallest absolute Gasteiger partial charge is 0.423 e. The number of halogens is 3. The van der Waals surface area contributed by atoms with Gasteiger partial charge in [-0.3, -0.25) is 4.79 Å². The number of pyridine rings is 1. The van der Waals surface area contributed by atoms with Gasteiger partial charge in [-0.1, -0.05) is 0 Å². The lowest BCUT2D eigenvalue weighted by molar-refractivity contribution is -0.143. The Hall–Kier alpha value is -4.38.